The van der Waals surface area contributed by atoms with E-state index in [0.717, 1.165) is 24.1 Å². The number of carbonyl (C=O) groups is 1. The number of carbonyl (C=O) groups excluding carboxylic acids is 1. The molecule has 0 aliphatic rings. The SMILES string of the molecule is CCCc1sc(=NC(=O)c2ccc(Cl)cc2Cl)n(CC)c1-c1ccc(Cl)cc1. The molecule has 28 heavy (non-hydrogen) atoms. The Balaban J connectivity index is 2.15. The van der Waals surface area contributed by atoms with Gasteiger partial charge in [0.25, 0.3) is 5.91 Å². The number of aryl methyl sites for hydroxylation is 1. The Morgan fingerprint density at radius 3 is 2.32 bits per heavy atom. The number of rotatable bonds is 5. The highest BCUT2D eigenvalue weighted by Gasteiger charge is 2.16. The monoisotopic (exact) mass is 452 g/mol. The highest BCUT2D eigenvalue weighted by Crippen LogP contribution is 2.29. The minimum absolute atomic E-state index is 0.299. The molecule has 3 aromatic rings. The standard InChI is InChI=1S/C21H19Cl3N2OS/c1-3-5-18-19(13-6-8-14(22)9-7-13)26(4-2)21(28-18)25-20(27)16-11-10-15(23)12-17(16)24/h6-12H,3-5H2,1-2H3. The predicted octanol–water partition coefficient (Wildman–Crippen LogP) is 6.89. The van der Waals surface area contributed by atoms with Gasteiger partial charge < -0.3 is 4.57 Å². The molecule has 0 N–H and O–H groups in total. The second-order valence-corrected chi connectivity index (χ2v) is 8.54. The van der Waals surface area contributed by atoms with Crippen molar-refractivity contribution in [1.29, 1.82) is 0 Å². The van der Waals surface area contributed by atoms with Crippen LogP contribution >= 0.6 is 46.1 Å². The van der Waals surface area contributed by atoms with Gasteiger partial charge in [-0.25, -0.2) is 0 Å². The van der Waals surface area contributed by atoms with Crippen LogP contribution in [-0.2, 0) is 13.0 Å². The average Bonchev–Trinajstić information content (AvgIpc) is 2.99. The zero-order chi connectivity index (χ0) is 20.3. The highest BCUT2D eigenvalue weighted by atomic mass is 35.5. The third-order valence-corrected chi connectivity index (χ3v) is 6.19. The van der Waals surface area contributed by atoms with Crippen LogP contribution in [-0.4, -0.2) is 10.5 Å². The van der Waals surface area contributed by atoms with Crippen LogP contribution in [0.25, 0.3) is 11.3 Å². The Hall–Kier alpha value is -1.59. The number of thiazole rings is 1. The van der Waals surface area contributed by atoms with Crippen LogP contribution in [0.4, 0.5) is 0 Å². The molecule has 0 atom stereocenters. The van der Waals surface area contributed by atoms with Crippen LogP contribution in [0.2, 0.25) is 15.1 Å². The third kappa shape index (κ3) is 4.52. The summed E-state index contributed by atoms with van der Waals surface area (Å²) in [7, 11) is 0. The predicted molar refractivity (Wildman–Crippen MR) is 119 cm³/mol. The van der Waals surface area contributed by atoms with E-state index in [2.05, 4.69) is 16.5 Å². The van der Waals surface area contributed by atoms with Gasteiger partial charge in [-0.15, -0.1) is 11.3 Å². The summed E-state index contributed by atoms with van der Waals surface area (Å²) in [6, 6.07) is 12.5. The third-order valence-electron chi connectivity index (χ3n) is 4.25. The van der Waals surface area contributed by atoms with E-state index in [4.69, 9.17) is 34.8 Å². The van der Waals surface area contributed by atoms with Gasteiger partial charge in [-0.1, -0.05) is 60.3 Å². The molecule has 2 aromatic carbocycles. The lowest BCUT2D eigenvalue weighted by Gasteiger charge is -2.09. The fourth-order valence-corrected chi connectivity index (χ4v) is 4.89. The molecular formula is C21H19Cl3N2OS. The fourth-order valence-electron chi connectivity index (χ4n) is 2.97. The molecule has 0 unspecified atom stereocenters. The summed E-state index contributed by atoms with van der Waals surface area (Å²) in [5, 5.41) is 1.47. The van der Waals surface area contributed by atoms with E-state index in [1.54, 1.807) is 18.2 Å². The zero-order valence-corrected chi connectivity index (χ0v) is 18.6. The van der Waals surface area contributed by atoms with Crippen molar-refractivity contribution in [2.24, 2.45) is 4.99 Å². The van der Waals surface area contributed by atoms with Crippen LogP contribution < -0.4 is 4.80 Å². The second kappa shape index (κ2) is 9.27. The maximum Gasteiger partial charge on any atom is 0.281 e. The van der Waals surface area contributed by atoms with Crippen molar-refractivity contribution in [2.75, 3.05) is 0 Å². The van der Waals surface area contributed by atoms with Gasteiger partial charge in [0.1, 0.15) is 0 Å². The minimum Gasteiger partial charge on any atom is -0.316 e. The first-order chi connectivity index (χ1) is 13.4. The number of halogens is 3. The lowest BCUT2D eigenvalue weighted by Crippen LogP contribution is -2.17. The molecule has 0 radical (unpaired) electrons. The summed E-state index contributed by atoms with van der Waals surface area (Å²) in [5.74, 6) is -0.379. The summed E-state index contributed by atoms with van der Waals surface area (Å²) in [5.41, 5.74) is 2.48. The molecule has 0 aliphatic carbocycles. The molecule has 1 amide bonds. The average molecular weight is 454 g/mol. The van der Waals surface area contributed by atoms with E-state index in [0.29, 0.717) is 32.0 Å². The molecule has 0 aliphatic heterocycles. The van der Waals surface area contributed by atoms with E-state index in [-0.39, 0.29) is 5.91 Å². The van der Waals surface area contributed by atoms with E-state index in [1.807, 2.05) is 31.2 Å². The number of hydrogen-bond acceptors (Lipinski definition) is 2. The molecule has 0 saturated heterocycles. The van der Waals surface area contributed by atoms with Gasteiger partial charge in [-0.2, -0.15) is 4.99 Å². The van der Waals surface area contributed by atoms with Crippen LogP contribution in [0.5, 0.6) is 0 Å². The molecule has 1 heterocycles. The summed E-state index contributed by atoms with van der Waals surface area (Å²) in [4.78, 5) is 19.0. The van der Waals surface area contributed by atoms with E-state index in [9.17, 15) is 4.79 Å². The molecule has 0 bridgehead atoms. The smallest absolute Gasteiger partial charge is 0.281 e. The van der Waals surface area contributed by atoms with E-state index in [1.165, 1.54) is 16.2 Å². The highest BCUT2D eigenvalue weighted by molar-refractivity contribution is 7.09. The van der Waals surface area contributed by atoms with Crippen molar-refractivity contribution < 1.29 is 4.79 Å². The first-order valence-corrected chi connectivity index (χ1v) is 10.9. The Bertz CT molecular complexity index is 1070. The van der Waals surface area contributed by atoms with Crippen LogP contribution in [0.3, 0.4) is 0 Å². The number of aromatic nitrogens is 1. The number of amides is 1. The Kier molecular flexibility index (Phi) is 7.00. The van der Waals surface area contributed by atoms with Crippen molar-refractivity contribution in [3.05, 3.63) is 72.8 Å². The summed E-state index contributed by atoms with van der Waals surface area (Å²) in [6.45, 7) is 4.87. The Morgan fingerprint density at radius 2 is 1.71 bits per heavy atom. The molecular weight excluding hydrogens is 435 g/mol. The molecule has 0 saturated carbocycles. The minimum atomic E-state index is -0.379. The van der Waals surface area contributed by atoms with E-state index >= 15 is 0 Å². The maximum absolute atomic E-state index is 12.8. The normalized spacial score (nSPS) is 11.8. The lowest BCUT2D eigenvalue weighted by molar-refractivity contribution is 0.0998. The lowest BCUT2D eigenvalue weighted by atomic mass is 10.1. The molecule has 3 nitrogen and oxygen atoms in total. The van der Waals surface area contributed by atoms with Crippen LogP contribution in [0.1, 0.15) is 35.5 Å². The van der Waals surface area contributed by atoms with Crippen molar-refractivity contribution >= 4 is 52.0 Å². The number of hydrogen-bond donors (Lipinski definition) is 0. The zero-order valence-electron chi connectivity index (χ0n) is 15.5. The molecule has 3 rings (SSSR count). The van der Waals surface area contributed by atoms with Gasteiger partial charge in [-0.05, 0) is 49.2 Å². The largest absolute Gasteiger partial charge is 0.316 e. The number of benzene rings is 2. The van der Waals surface area contributed by atoms with E-state index < -0.39 is 0 Å². The first kappa shape index (κ1) is 21.1. The van der Waals surface area contributed by atoms with Crippen molar-refractivity contribution in [2.45, 2.75) is 33.2 Å². The molecule has 0 spiro atoms. The fraction of sp³-hybridized carbons (Fsp3) is 0.238. The van der Waals surface area contributed by atoms with Crippen molar-refractivity contribution in [1.82, 2.24) is 4.57 Å². The van der Waals surface area contributed by atoms with Gasteiger partial charge in [-0.3, -0.25) is 4.79 Å². The Morgan fingerprint density at radius 1 is 1.04 bits per heavy atom. The topological polar surface area (TPSA) is 34.4 Å². The molecule has 146 valence electrons. The van der Waals surface area contributed by atoms with Gasteiger partial charge in [0, 0.05) is 21.5 Å². The molecule has 1 aromatic heterocycles. The summed E-state index contributed by atoms with van der Waals surface area (Å²) < 4.78 is 2.07. The van der Waals surface area contributed by atoms with Crippen LogP contribution in [0, 0.1) is 0 Å². The van der Waals surface area contributed by atoms with Crippen LogP contribution in [0.15, 0.2) is 47.5 Å². The maximum atomic E-state index is 12.8. The summed E-state index contributed by atoms with van der Waals surface area (Å²) >= 11 is 19.7. The van der Waals surface area contributed by atoms with Gasteiger partial charge in [0.2, 0.25) is 0 Å². The van der Waals surface area contributed by atoms with Crippen molar-refractivity contribution in [3.8, 4) is 11.3 Å². The number of nitrogens with zero attached hydrogens (tertiary/aromatic N) is 2. The van der Waals surface area contributed by atoms with Gasteiger partial charge in [0.05, 0.1) is 16.3 Å². The molecule has 0 fully saturated rings. The quantitative estimate of drug-likeness (QED) is 0.414. The molecule has 7 heteroatoms. The second-order valence-electron chi connectivity index (χ2n) is 6.20. The van der Waals surface area contributed by atoms with Crippen molar-refractivity contribution in [3.63, 3.8) is 0 Å². The first-order valence-electron chi connectivity index (χ1n) is 8.97. The van der Waals surface area contributed by atoms with Gasteiger partial charge >= 0.3 is 0 Å². The van der Waals surface area contributed by atoms with Gasteiger partial charge in [0.15, 0.2) is 4.80 Å². The Labute approximate surface area is 183 Å². The summed E-state index contributed by atoms with van der Waals surface area (Å²) in [6.07, 6.45) is 1.91.